The number of methoxy groups -OCH3 is 1. The first-order valence-corrected chi connectivity index (χ1v) is 7.24. The van der Waals surface area contributed by atoms with Gasteiger partial charge >= 0.3 is 0 Å². The molecule has 0 aliphatic heterocycles. The van der Waals surface area contributed by atoms with Gasteiger partial charge in [-0.05, 0) is 29.2 Å². The molecule has 3 heteroatoms. The first-order chi connectivity index (χ1) is 10.00. The van der Waals surface area contributed by atoms with Crippen LogP contribution < -0.4 is 16.2 Å². The zero-order valence-electron chi connectivity index (χ0n) is 12.9. The molecule has 0 aromatic heterocycles. The van der Waals surface area contributed by atoms with Crippen LogP contribution in [0.15, 0.2) is 54.6 Å². The number of rotatable bonds is 5. The molecule has 0 aliphatic carbocycles. The zero-order valence-corrected chi connectivity index (χ0v) is 12.9. The summed E-state index contributed by atoms with van der Waals surface area (Å²) in [5, 5.41) is 0. The molecule has 4 N–H and O–H groups in total. The van der Waals surface area contributed by atoms with E-state index in [1.54, 1.807) is 7.11 Å². The van der Waals surface area contributed by atoms with Crippen molar-refractivity contribution in [1.82, 2.24) is 0 Å². The molecule has 0 aliphatic rings. The third-order valence-electron chi connectivity index (χ3n) is 4.06. The summed E-state index contributed by atoms with van der Waals surface area (Å²) in [5.41, 5.74) is 14.6. The highest BCUT2D eigenvalue weighted by atomic mass is 16.5. The van der Waals surface area contributed by atoms with Crippen molar-refractivity contribution in [2.24, 2.45) is 17.4 Å². The quantitative estimate of drug-likeness (QED) is 0.887. The maximum atomic E-state index is 6.81. The van der Waals surface area contributed by atoms with Crippen LogP contribution in [0.5, 0.6) is 5.75 Å². The van der Waals surface area contributed by atoms with Crippen LogP contribution in [0.1, 0.15) is 25.0 Å². The molecule has 2 atom stereocenters. The molecule has 2 aromatic rings. The van der Waals surface area contributed by atoms with E-state index in [-0.39, 0.29) is 12.0 Å². The molecule has 112 valence electrons. The van der Waals surface area contributed by atoms with Gasteiger partial charge in [-0.2, -0.15) is 0 Å². The van der Waals surface area contributed by atoms with Crippen molar-refractivity contribution in [2.45, 2.75) is 25.4 Å². The van der Waals surface area contributed by atoms with E-state index in [2.05, 4.69) is 13.8 Å². The van der Waals surface area contributed by atoms with E-state index < -0.39 is 5.54 Å². The van der Waals surface area contributed by atoms with Gasteiger partial charge in [0.05, 0.1) is 12.6 Å². The van der Waals surface area contributed by atoms with E-state index in [1.807, 2.05) is 54.6 Å². The highest BCUT2D eigenvalue weighted by Crippen LogP contribution is 2.33. The first-order valence-electron chi connectivity index (χ1n) is 7.24. The van der Waals surface area contributed by atoms with Crippen molar-refractivity contribution in [2.75, 3.05) is 7.11 Å². The zero-order chi connectivity index (χ0) is 15.5. The molecule has 0 amide bonds. The highest BCUT2D eigenvalue weighted by Gasteiger charge is 2.37. The van der Waals surface area contributed by atoms with Crippen molar-refractivity contribution in [3.8, 4) is 5.75 Å². The monoisotopic (exact) mass is 284 g/mol. The second-order valence-corrected chi connectivity index (χ2v) is 5.73. The number of hydrogen-bond donors (Lipinski definition) is 2. The molecule has 2 aromatic carbocycles. The van der Waals surface area contributed by atoms with Crippen LogP contribution in [0, 0.1) is 5.92 Å². The molecule has 0 heterocycles. The Morgan fingerprint density at radius 3 is 1.90 bits per heavy atom. The molecule has 0 saturated carbocycles. The number of ether oxygens (including phenoxy) is 1. The Labute approximate surface area is 126 Å². The van der Waals surface area contributed by atoms with Gasteiger partial charge in [-0.15, -0.1) is 0 Å². The summed E-state index contributed by atoms with van der Waals surface area (Å²) in [5.74, 6) is 1.07. The Bertz CT molecular complexity index is 566. The third-order valence-corrected chi connectivity index (χ3v) is 4.06. The molecule has 2 unspecified atom stereocenters. The SMILES string of the molecule is COc1ccc(C(N)(c2ccccc2)C(N)C(C)C)cc1. The van der Waals surface area contributed by atoms with Crippen LogP contribution in [0.25, 0.3) is 0 Å². The third kappa shape index (κ3) is 2.94. The highest BCUT2D eigenvalue weighted by molar-refractivity contribution is 5.42. The summed E-state index contributed by atoms with van der Waals surface area (Å²) in [6.07, 6.45) is 0. The van der Waals surface area contributed by atoms with Gasteiger partial charge in [-0.3, -0.25) is 0 Å². The lowest BCUT2D eigenvalue weighted by molar-refractivity contribution is 0.337. The second-order valence-electron chi connectivity index (χ2n) is 5.73. The summed E-state index contributed by atoms with van der Waals surface area (Å²) in [4.78, 5) is 0. The van der Waals surface area contributed by atoms with E-state index >= 15 is 0 Å². The van der Waals surface area contributed by atoms with E-state index in [0.29, 0.717) is 0 Å². The molecule has 0 radical (unpaired) electrons. The first kappa shape index (κ1) is 15.5. The Morgan fingerprint density at radius 1 is 0.905 bits per heavy atom. The largest absolute Gasteiger partial charge is 0.497 e. The second kappa shape index (κ2) is 6.29. The molecular weight excluding hydrogens is 260 g/mol. The van der Waals surface area contributed by atoms with E-state index in [0.717, 1.165) is 16.9 Å². The van der Waals surface area contributed by atoms with E-state index in [4.69, 9.17) is 16.2 Å². The molecule has 2 rings (SSSR count). The van der Waals surface area contributed by atoms with Gasteiger partial charge in [0, 0.05) is 6.04 Å². The van der Waals surface area contributed by atoms with Crippen LogP contribution in [0.4, 0.5) is 0 Å². The standard InChI is InChI=1S/C18H24N2O/c1-13(2)17(19)18(20,14-7-5-4-6-8-14)15-9-11-16(21-3)12-10-15/h4-13,17H,19-20H2,1-3H3. The van der Waals surface area contributed by atoms with E-state index in [9.17, 15) is 0 Å². The van der Waals surface area contributed by atoms with Crippen LogP contribution in [0.2, 0.25) is 0 Å². The van der Waals surface area contributed by atoms with Crippen molar-refractivity contribution in [3.05, 3.63) is 65.7 Å². The predicted octanol–water partition coefficient (Wildman–Crippen LogP) is 2.88. The average molecular weight is 284 g/mol. The Hall–Kier alpha value is -1.84. The fraction of sp³-hybridized carbons (Fsp3) is 0.333. The van der Waals surface area contributed by atoms with E-state index in [1.165, 1.54) is 0 Å². The van der Waals surface area contributed by atoms with Crippen molar-refractivity contribution >= 4 is 0 Å². The topological polar surface area (TPSA) is 61.3 Å². The molecular formula is C18H24N2O. The minimum atomic E-state index is -0.721. The lowest BCUT2D eigenvalue weighted by Gasteiger charge is -2.38. The van der Waals surface area contributed by atoms with Gasteiger partial charge in [0.1, 0.15) is 5.75 Å². The maximum Gasteiger partial charge on any atom is 0.118 e. The van der Waals surface area contributed by atoms with Crippen molar-refractivity contribution in [3.63, 3.8) is 0 Å². The maximum absolute atomic E-state index is 6.81. The van der Waals surface area contributed by atoms with Crippen molar-refractivity contribution < 1.29 is 4.74 Å². The van der Waals surface area contributed by atoms with Gasteiger partial charge < -0.3 is 16.2 Å². The number of benzene rings is 2. The van der Waals surface area contributed by atoms with Gasteiger partial charge in [0.2, 0.25) is 0 Å². The Kier molecular flexibility index (Phi) is 4.66. The Balaban J connectivity index is 2.54. The lowest BCUT2D eigenvalue weighted by atomic mass is 9.74. The summed E-state index contributed by atoms with van der Waals surface area (Å²) in [6, 6.07) is 17.7. The van der Waals surface area contributed by atoms with Crippen LogP contribution in [-0.2, 0) is 5.54 Å². The fourth-order valence-corrected chi connectivity index (χ4v) is 2.66. The van der Waals surface area contributed by atoms with Crippen LogP contribution >= 0.6 is 0 Å². The summed E-state index contributed by atoms with van der Waals surface area (Å²) < 4.78 is 5.22. The molecule has 0 saturated heterocycles. The summed E-state index contributed by atoms with van der Waals surface area (Å²) >= 11 is 0. The number of hydrogen-bond acceptors (Lipinski definition) is 3. The Morgan fingerprint density at radius 2 is 1.43 bits per heavy atom. The number of nitrogens with two attached hydrogens (primary N) is 2. The van der Waals surface area contributed by atoms with Gasteiger partial charge in [-0.1, -0.05) is 56.3 Å². The van der Waals surface area contributed by atoms with Gasteiger partial charge in [-0.25, -0.2) is 0 Å². The predicted molar refractivity (Wildman–Crippen MR) is 87.2 cm³/mol. The lowest BCUT2D eigenvalue weighted by Crippen LogP contribution is -2.55. The fourth-order valence-electron chi connectivity index (χ4n) is 2.66. The van der Waals surface area contributed by atoms with Crippen LogP contribution in [-0.4, -0.2) is 13.2 Å². The smallest absolute Gasteiger partial charge is 0.118 e. The molecule has 3 nitrogen and oxygen atoms in total. The van der Waals surface area contributed by atoms with Gasteiger partial charge in [0.15, 0.2) is 0 Å². The molecule has 0 spiro atoms. The molecule has 0 fully saturated rings. The minimum absolute atomic E-state index is 0.187. The molecule has 21 heavy (non-hydrogen) atoms. The average Bonchev–Trinajstić information content (AvgIpc) is 2.54. The summed E-state index contributed by atoms with van der Waals surface area (Å²) in [6.45, 7) is 4.19. The van der Waals surface area contributed by atoms with Gasteiger partial charge in [0.25, 0.3) is 0 Å². The van der Waals surface area contributed by atoms with Crippen molar-refractivity contribution in [1.29, 1.82) is 0 Å². The normalized spacial score (nSPS) is 15.5. The van der Waals surface area contributed by atoms with Crippen LogP contribution in [0.3, 0.4) is 0 Å². The summed E-state index contributed by atoms with van der Waals surface area (Å²) in [7, 11) is 1.65. The molecule has 0 bridgehead atoms. The minimum Gasteiger partial charge on any atom is -0.497 e.